The molecule has 1 atom stereocenters. The molecule has 0 saturated heterocycles. The van der Waals surface area contributed by atoms with Crippen molar-refractivity contribution < 1.29 is 0 Å². The number of halogens is 1. The molecule has 1 heterocycles. The Balaban J connectivity index is 2.51. The molecule has 2 heteroatoms. The van der Waals surface area contributed by atoms with Gasteiger partial charge in [0.05, 0.1) is 0 Å². The molecule has 0 aliphatic rings. The molecule has 0 radical (unpaired) electrons. The molecule has 2 rings (SSSR count). The fourth-order valence-corrected chi connectivity index (χ4v) is 4.09. The second-order valence-corrected chi connectivity index (χ2v) is 7.09. The van der Waals surface area contributed by atoms with Crippen LogP contribution in [0.1, 0.15) is 0 Å². The van der Waals surface area contributed by atoms with Gasteiger partial charge in [-0.2, -0.15) is 0 Å². The average Bonchev–Trinajstić information content (AvgIpc) is 2.53. The zero-order valence-electron chi connectivity index (χ0n) is 6.44. The van der Waals surface area contributed by atoms with Gasteiger partial charge in [-0.25, -0.2) is 0 Å². The first-order valence-corrected chi connectivity index (χ1v) is 7.96. The Hall–Kier alpha value is -0.270. The molecule has 60 valence electrons. The van der Waals surface area contributed by atoms with Gasteiger partial charge in [-0.3, -0.25) is 0 Å². The summed E-state index contributed by atoms with van der Waals surface area (Å²) in [6, 6.07) is 15.0. The maximum atomic E-state index is 2.51. The van der Waals surface area contributed by atoms with Crippen LogP contribution in [0.5, 0.6) is 0 Å². The minimum absolute atomic E-state index is 0.0542. The molecule has 1 aromatic heterocycles. The van der Waals surface area contributed by atoms with E-state index in [0.717, 1.165) is 0 Å². The molecule has 0 bridgehead atoms. The Labute approximate surface area is 86.2 Å². The van der Waals surface area contributed by atoms with E-state index in [1.165, 1.54) is 10.9 Å². The first-order valence-electron chi connectivity index (χ1n) is 3.77. The fourth-order valence-electron chi connectivity index (χ4n) is 1.19. The zero-order valence-corrected chi connectivity index (χ0v) is 9.50. The summed E-state index contributed by atoms with van der Waals surface area (Å²) in [4.78, 5) is 0. The summed E-state index contributed by atoms with van der Waals surface area (Å²) in [6.45, 7) is 0. The number of rotatable bonds is 1. The van der Waals surface area contributed by atoms with Crippen LogP contribution in [-0.2, 0) is 0 Å². The van der Waals surface area contributed by atoms with Gasteiger partial charge in [0.25, 0.3) is 0 Å². The van der Waals surface area contributed by atoms with Gasteiger partial charge >= 0.3 is 0 Å². The van der Waals surface area contributed by atoms with Crippen molar-refractivity contribution in [1.29, 1.82) is 0 Å². The summed E-state index contributed by atoms with van der Waals surface area (Å²) in [5.74, 6) is 2.28. The number of hydrogen-bond acceptors (Lipinski definition) is 0. The lowest BCUT2D eigenvalue weighted by atomic mass is 10.2. The minimum atomic E-state index is -0.0542. The van der Waals surface area contributed by atoms with Crippen LogP contribution in [-0.4, -0.2) is 0 Å². The van der Waals surface area contributed by atoms with E-state index < -0.39 is 0 Å². The number of benzene rings is 1. The van der Waals surface area contributed by atoms with Gasteiger partial charge in [-0.1, -0.05) is 41.6 Å². The molecule has 0 fully saturated rings. The summed E-state index contributed by atoms with van der Waals surface area (Å²) in [7, 11) is 0. The van der Waals surface area contributed by atoms with E-state index in [0.29, 0.717) is 0 Å². The Morgan fingerprint density at radius 3 is 2.25 bits per heavy atom. The summed E-state index contributed by atoms with van der Waals surface area (Å²) < 4.78 is 0. The van der Waals surface area contributed by atoms with Crippen molar-refractivity contribution in [2.24, 2.45) is 0 Å². The maximum absolute atomic E-state index is 2.51. The van der Waals surface area contributed by atoms with E-state index in [4.69, 9.17) is 0 Å². The highest BCUT2D eigenvalue weighted by Gasteiger charge is 2.00. The van der Waals surface area contributed by atoms with E-state index >= 15 is 0 Å². The molecule has 0 aliphatic carbocycles. The van der Waals surface area contributed by atoms with Crippen molar-refractivity contribution in [2.45, 2.75) is 0 Å². The van der Waals surface area contributed by atoms with Gasteiger partial charge in [-0.05, 0) is 39.5 Å². The van der Waals surface area contributed by atoms with Crippen LogP contribution in [0.3, 0.4) is 0 Å². The third-order valence-corrected chi connectivity index (χ3v) is 5.60. The van der Waals surface area contributed by atoms with Crippen molar-refractivity contribution in [3.05, 3.63) is 48.3 Å². The zero-order chi connectivity index (χ0) is 8.39. The second-order valence-electron chi connectivity index (χ2n) is 2.57. The topological polar surface area (TPSA) is 0 Å². The average molecular weight is 286 g/mol. The van der Waals surface area contributed by atoms with E-state index in [9.17, 15) is 0 Å². The van der Waals surface area contributed by atoms with Crippen molar-refractivity contribution in [3.8, 4) is 10.9 Å². The van der Waals surface area contributed by atoms with Crippen LogP contribution in [0.4, 0.5) is 0 Å². The molecular formula is C10H8IP. The van der Waals surface area contributed by atoms with Crippen LogP contribution in [0.25, 0.3) is 10.9 Å². The van der Waals surface area contributed by atoms with E-state index in [1.54, 1.807) is 0 Å². The highest BCUT2D eigenvalue weighted by Crippen LogP contribution is 2.47. The molecule has 0 nitrogen and oxygen atoms in total. The normalized spacial score (nSPS) is 11.6. The highest BCUT2D eigenvalue weighted by molar-refractivity contribution is 14.2. The lowest BCUT2D eigenvalue weighted by molar-refractivity contribution is 1.70. The Morgan fingerprint density at radius 2 is 1.67 bits per heavy atom. The van der Waals surface area contributed by atoms with Crippen molar-refractivity contribution >= 4 is 27.2 Å². The second kappa shape index (κ2) is 3.63. The van der Waals surface area contributed by atoms with Gasteiger partial charge in [0.1, 0.15) is 0 Å². The standard InChI is InChI=1S/C10H8IP/c11-12-8-4-7-10(12)9-5-2-1-3-6-9/h1-8H. The lowest BCUT2D eigenvalue weighted by Crippen LogP contribution is -1.67. The van der Waals surface area contributed by atoms with Crippen molar-refractivity contribution in [3.63, 3.8) is 0 Å². The predicted octanol–water partition coefficient (Wildman–Crippen LogP) is 4.54. The highest BCUT2D eigenvalue weighted by atomic mass is 127. The fraction of sp³-hybridized carbons (Fsp3) is 0. The Kier molecular flexibility index (Phi) is 2.52. The van der Waals surface area contributed by atoms with Crippen LogP contribution >= 0.6 is 27.2 Å². The lowest BCUT2D eigenvalue weighted by Gasteiger charge is -1.97. The van der Waals surface area contributed by atoms with Gasteiger partial charge in [0.2, 0.25) is 0 Å². The van der Waals surface area contributed by atoms with Gasteiger partial charge in [-0.15, -0.1) is 0 Å². The number of hydrogen-bond donors (Lipinski definition) is 0. The molecule has 0 amide bonds. The summed E-state index contributed by atoms with van der Waals surface area (Å²) >= 11 is 2.51. The molecular weight excluding hydrogens is 278 g/mol. The molecule has 1 aromatic carbocycles. The monoisotopic (exact) mass is 286 g/mol. The third-order valence-electron chi connectivity index (χ3n) is 1.77. The van der Waals surface area contributed by atoms with Crippen LogP contribution in [0, 0.1) is 0 Å². The minimum Gasteiger partial charge on any atom is -0.0622 e. The molecule has 0 aliphatic heterocycles. The largest absolute Gasteiger partial charge is 0.0622 e. The first kappa shape index (κ1) is 8.33. The SMILES string of the molecule is Ip1cccc1-c1ccccc1. The van der Waals surface area contributed by atoms with Crippen molar-refractivity contribution in [1.82, 2.24) is 0 Å². The van der Waals surface area contributed by atoms with Gasteiger partial charge in [0.15, 0.2) is 0 Å². The predicted molar refractivity (Wildman–Crippen MR) is 64.0 cm³/mol. The van der Waals surface area contributed by atoms with E-state index in [-0.39, 0.29) is 5.18 Å². The first-order chi connectivity index (χ1) is 5.88. The van der Waals surface area contributed by atoms with Crippen LogP contribution in [0.2, 0.25) is 0 Å². The summed E-state index contributed by atoms with van der Waals surface area (Å²) in [5.41, 5.74) is 1.36. The summed E-state index contributed by atoms with van der Waals surface area (Å²) in [6.07, 6.45) is 0. The molecule has 2 aromatic rings. The quantitative estimate of drug-likeness (QED) is 0.675. The molecule has 12 heavy (non-hydrogen) atoms. The molecule has 0 spiro atoms. The Bertz CT molecular complexity index is 364. The van der Waals surface area contributed by atoms with Crippen molar-refractivity contribution in [2.75, 3.05) is 0 Å². The van der Waals surface area contributed by atoms with Gasteiger partial charge in [0, 0.05) is 5.30 Å². The smallest absolute Gasteiger partial charge is 0.0107 e. The summed E-state index contributed by atoms with van der Waals surface area (Å²) in [5, 5.41) is 1.42. The molecule has 0 saturated carbocycles. The van der Waals surface area contributed by atoms with Crippen LogP contribution in [0.15, 0.2) is 48.3 Å². The molecule has 0 N–H and O–H groups in total. The third kappa shape index (κ3) is 1.57. The molecule has 1 unspecified atom stereocenters. The maximum Gasteiger partial charge on any atom is 0.0107 e. The Morgan fingerprint density at radius 1 is 0.917 bits per heavy atom. The van der Waals surface area contributed by atoms with E-state index in [2.05, 4.69) is 70.3 Å². The van der Waals surface area contributed by atoms with Crippen LogP contribution < -0.4 is 0 Å². The van der Waals surface area contributed by atoms with Gasteiger partial charge < -0.3 is 0 Å². The van der Waals surface area contributed by atoms with E-state index in [1.807, 2.05) is 0 Å².